The number of nitrogens with one attached hydrogen (secondary N) is 2. The highest BCUT2D eigenvalue weighted by Gasteiger charge is 2.30. The van der Waals surface area contributed by atoms with Gasteiger partial charge >= 0.3 is 0 Å². The summed E-state index contributed by atoms with van der Waals surface area (Å²) in [6, 6.07) is 7.84. The molecule has 0 bridgehead atoms. The van der Waals surface area contributed by atoms with Crippen LogP contribution < -0.4 is 10.6 Å². The Bertz CT molecular complexity index is 854. The third kappa shape index (κ3) is 4.89. The molecule has 2 aromatic rings. The molecule has 2 saturated carbocycles. The highest BCUT2D eigenvalue weighted by molar-refractivity contribution is 9.10. The van der Waals surface area contributed by atoms with Gasteiger partial charge < -0.3 is 10.6 Å². The molecule has 2 fully saturated rings. The van der Waals surface area contributed by atoms with E-state index < -0.39 is 0 Å². The van der Waals surface area contributed by atoms with Crippen molar-refractivity contribution in [3.8, 4) is 5.69 Å². The molecule has 154 valence electrons. The van der Waals surface area contributed by atoms with Crippen LogP contribution in [0.25, 0.3) is 5.69 Å². The highest BCUT2D eigenvalue weighted by Crippen LogP contribution is 2.30. The summed E-state index contributed by atoms with van der Waals surface area (Å²) < 4.78 is 2.65. The fraction of sp³-hybridized carbons (Fsp3) is 0.500. The number of rotatable bonds is 5. The van der Waals surface area contributed by atoms with Crippen molar-refractivity contribution in [3.05, 3.63) is 41.1 Å². The van der Waals surface area contributed by atoms with Crippen molar-refractivity contribution in [3.63, 3.8) is 0 Å². The maximum Gasteiger partial charge on any atom is 0.227 e. The van der Waals surface area contributed by atoms with Gasteiger partial charge in [-0.3, -0.25) is 9.59 Å². The first kappa shape index (κ1) is 20.1. The number of carbonyl (C=O) groups excluding carboxylic acids is 2. The summed E-state index contributed by atoms with van der Waals surface area (Å²) in [6.07, 6.45) is 11.3. The van der Waals surface area contributed by atoms with Gasteiger partial charge in [0, 0.05) is 34.7 Å². The summed E-state index contributed by atoms with van der Waals surface area (Å²) in [5.74, 6) is 0.429. The van der Waals surface area contributed by atoms with E-state index in [4.69, 9.17) is 0 Å². The minimum atomic E-state index is -0.0286. The van der Waals surface area contributed by atoms with Gasteiger partial charge in [0.15, 0.2) is 0 Å². The van der Waals surface area contributed by atoms with E-state index >= 15 is 0 Å². The number of nitrogens with zero attached hydrogens (tertiary/aromatic N) is 2. The lowest BCUT2D eigenvalue weighted by molar-refractivity contribution is -0.125. The third-order valence-electron chi connectivity index (χ3n) is 6.14. The molecule has 2 aliphatic rings. The Morgan fingerprint density at radius 3 is 2.41 bits per heavy atom. The Labute approximate surface area is 179 Å². The zero-order valence-corrected chi connectivity index (χ0v) is 18.0. The normalized spacial score (nSPS) is 22.4. The molecule has 0 atom stereocenters. The smallest absolute Gasteiger partial charge is 0.227 e. The lowest BCUT2D eigenvalue weighted by atomic mass is 9.85. The first-order valence-corrected chi connectivity index (χ1v) is 11.3. The lowest BCUT2D eigenvalue weighted by Gasteiger charge is -2.29. The van der Waals surface area contributed by atoms with Crippen molar-refractivity contribution in [2.45, 2.75) is 57.4 Å². The van der Waals surface area contributed by atoms with E-state index in [-0.39, 0.29) is 29.7 Å². The van der Waals surface area contributed by atoms with Gasteiger partial charge in [-0.2, -0.15) is 5.10 Å². The van der Waals surface area contributed by atoms with Crippen LogP contribution in [-0.2, 0) is 9.59 Å². The highest BCUT2D eigenvalue weighted by atomic mass is 79.9. The molecule has 29 heavy (non-hydrogen) atoms. The van der Waals surface area contributed by atoms with E-state index in [1.54, 1.807) is 10.9 Å². The monoisotopic (exact) mass is 458 g/mol. The zero-order valence-electron chi connectivity index (χ0n) is 16.4. The average molecular weight is 459 g/mol. The summed E-state index contributed by atoms with van der Waals surface area (Å²) in [5, 5.41) is 10.6. The summed E-state index contributed by atoms with van der Waals surface area (Å²) >= 11 is 3.48. The van der Waals surface area contributed by atoms with Crippen LogP contribution in [0.1, 0.15) is 51.4 Å². The van der Waals surface area contributed by atoms with E-state index in [0.29, 0.717) is 0 Å². The second kappa shape index (κ2) is 9.11. The molecule has 0 saturated heterocycles. The molecular weight excluding hydrogens is 432 g/mol. The van der Waals surface area contributed by atoms with Crippen molar-refractivity contribution in [1.82, 2.24) is 15.1 Å². The Balaban J connectivity index is 1.33. The summed E-state index contributed by atoms with van der Waals surface area (Å²) in [5.41, 5.74) is 1.58. The molecule has 4 rings (SSSR count). The van der Waals surface area contributed by atoms with Crippen LogP contribution >= 0.6 is 15.9 Å². The van der Waals surface area contributed by atoms with E-state index in [1.165, 1.54) is 12.8 Å². The van der Waals surface area contributed by atoms with Crippen molar-refractivity contribution in [2.24, 2.45) is 11.8 Å². The van der Waals surface area contributed by atoms with Gasteiger partial charge in [-0.1, -0.05) is 28.8 Å². The molecule has 2 aliphatic carbocycles. The Morgan fingerprint density at radius 2 is 1.72 bits per heavy atom. The summed E-state index contributed by atoms with van der Waals surface area (Å²) in [4.78, 5) is 25.2. The van der Waals surface area contributed by atoms with Gasteiger partial charge in [0.25, 0.3) is 0 Å². The van der Waals surface area contributed by atoms with E-state index in [9.17, 15) is 9.59 Å². The predicted octanol–water partition coefficient (Wildman–Crippen LogP) is 4.44. The number of amides is 2. The molecule has 2 amide bonds. The standard InChI is InChI=1S/C22H27BrN4O2/c23-17-8-11-20(27-13-3-12-24-27)19(14-17)26-22(29)16-6-9-18(10-7-16)25-21(28)15-4-1-2-5-15/h3,8,11-16,18H,1-2,4-7,9-10H2,(H,25,28)(H,26,29). The zero-order chi connectivity index (χ0) is 20.2. The number of halogens is 1. The number of benzene rings is 1. The van der Waals surface area contributed by atoms with Crippen LogP contribution in [0, 0.1) is 11.8 Å². The number of aromatic nitrogens is 2. The van der Waals surface area contributed by atoms with Gasteiger partial charge in [-0.05, 0) is 62.8 Å². The number of anilines is 1. The predicted molar refractivity (Wildman–Crippen MR) is 116 cm³/mol. The number of hydrogen-bond acceptors (Lipinski definition) is 3. The minimum absolute atomic E-state index is 0.0286. The largest absolute Gasteiger partial charge is 0.353 e. The molecular formula is C22H27BrN4O2. The van der Waals surface area contributed by atoms with E-state index in [0.717, 1.165) is 54.4 Å². The Morgan fingerprint density at radius 1 is 1.00 bits per heavy atom. The molecule has 0 unspecified atom stereocenters. The molecule has 6 nitrogen and oxygen atoms in total. The van der Waals surface area contributed by atoms with Gasteiger partial charge in [-0.25, -0.2) is 4.68 Å². The number of hydrogen-bond donors (Lipinski definition) is 2. The van der Waals surface area contributed by atoms with Gasteiger partial charge in [0.1, 0.15) is 0 Å². The van der Waals surface area contributed by atoms with Crippen LogP contribution in [-0.4, -0.2) is 27.6 Å². The quantitative estimate of drug-likeness (QED) is 0.694. The minimum Gasteiger partial charge on any atom is -0.353 e. The lowest BCUT2D eigenvalue weighted by Crippen LogP contribution is -2.41. The third-order valence-corrected chi connectivity index (χ3v) is 6.63. The topological polar surface area (TPSA) is 76.0 Å². The molecule has 0 aliphatic heterocycles. The molecule has 0 radical (unpaired) electrons. The Hall–Kier alpha value is -2.15. The molecule has 1 aromatic heterocycles. The summed E-state index contributed by atoms with van der Waals surface area (Å²) in [7, 11) is 0. The fourth-order valence-corrected chi connectivity index (χ4v) is 4.82. The van der Waals surface area contributed by atoms with Crippen LogP contribution in [0.4, 0.5) is 5.69 Å². The van der Waals surface area contributed by atoms with Crippen LogP contribution in [0.2, 0.25) is 0 Å². The molecule has 0 spiro atoms. The van der Waals surface area contributed by atoms with Crippen LogP contribution in [0.5, 0.6) is 0 Å². The molecule has 2 N–H and O–H groups in total. The number of carbonyl (C=O) groups is 2. The first-order chi connectivity index (χ1) is 14.1. The van der Waals surface area contributed by atoms with Gasteiger partial charge in [0.2, 0.25) is 11.8 Å². The van der Waals surface area contributed by atoms with Crippen LogP contribution in [0.3, 0.4) is 0 Å². The maximum atomic E-state index is 12.9. The molecule has 1 aromatic carbocycles. The van der Waals surface area contributed by atoms with Gasteiger partial charge in [-0.15, -0.1) is 0 Å². The van der Waals surface area contributed by atoms with Crippen molar-refractivity contribution < 1.29 is 9.59 Å². The van der Waals surface area contributed by atoms with Gasteiger partial charge in [0.05, 0.1) is 11.4 Å². The maximum absolute atomic E-state index is 12.9. The van der Waals surface area contributed by atoms with Crippen LogP contribution in [0.15, 0.2) is 41.1 Å². The fourth-order valence-electron chi connectivity index (χ4n) is 4.46. The van der Waals surface area contributed by atoms with Crippen molar-refractivity contribution in [2.75, 3.05) is 5.32 Å². The summed E-state index contributed by atoms with van der Waals surface area (Å²) in [6.45, 7) is 0. The van der Waals surface area contributed by atoms with Crippen molar-refractivity contribution >= 4 is 33.4 Å². The Kier molecular flexibility index (Phi) is 6.33. The first-order valence-electron chi connectivity index (χ1n) is 10.5. The van der Waals surface area contributed by atoms with E-state index in [2.05, 4.69) is 31.7 Å². The SMILES string of the molecule is O=C(Nc1cc(Br)ccc1-n1cccn1)C1CCC(NC(=O)C2CCCC2)CC1. The van der Waals surface area contributed by atoms with Crippen molar-refractivity contribution in [1.29, 1.82) is 0 Å². The van der Waals surface area contributed by atoms with E-state index in [1.807, 2.05) is 30.5 Å². The molecule has 7 heteroatoms. The average Bonchev–Trinajstić information content (AvgIpc) is 3.43. The second-order valence-corrected chi connectivity index (χ2v) is 9.06. The second-order valence-electron chi connectivity index (χ2n) is 8.14. The molecule has 1 heterocycles.